The first-order valence-electron chi connectivity index (χ1n) is 10.9. The molecule has 6 nitrogen and oxygen atoms in total. The molecule has 33 heavy (non-hydrogen) atoms. The van der Waals surface area contributed by atoms with E-state index in [2.05, 4.69) is 54.7 Å². The van der Waals surface area contributed by atoms with Crippen LogP contribution >= 0.6 is 39.1 Å². The molecule has 6 rings (SSSR count). The van der Waals surface area contributed by atoms with Gasteiger partial charge in [-0.25, -0.2) is 9.97 Å². The van der Waals surface area contributed by atoms with Crippen molar-refractivity contribution in [2.75, 3.05) is 11.9 Å². The number of halogens is 3. The second kappa shape index (κ2) is 7.94. The topological polar surface area (TPSA) is 71.8 Å². The molecule has 0 unspecified atom stereocenters. The molecule has 168 valence electrons. The van der Waals surface area contributed by atoms with Crippen molar-refractivity contribution in [3.63, 3.8) is 0 Å². The smallest absolute Gasteiger partial charge is 0.266 e. The van der Waals surface area contributed by atoms with Gasteiger partial charge in [-0.1, -0.05) is 35.3 Å². The lowest BCUT2D eigenvalue weighted by Gasteiger charge is -2.26. The van der Waals surface area contributed by atoms with Gasteiger partial charge in [0.15, 0.2) is 0 Å². The molecule has 0 radical (unpaired) electrons. The van der Waals surface area contributed by atoms with Gasteiger partial charge in [0.1, 0.15) is 0 Å². The zero-order chi connectivity index (χ0) is 22.7. The fourth-order valence-corrected chi connectivity index (χ4v) is 5.99. The number of hydrogen-bond acceptors (Lipinski definition) is 5. The number of fused-ring (bicyclic) bond motifs is 3. The Morgan fingerprint density at radius 1 is 1.24 bits per heavy atom. The van der Waals surface area contributed by atoms with E-state index in [0.717, 1.165) is 25.2 Å². The minimum absolute atomic E-state index is 0.268. The lowest BCUT2D eigenvalue weighted by atomic mass is 9.88. The van der Waals surface area contributed by atoms with Gasteiger partial charge in [-0.15, -0.1) is 0 Å². The molecule has 2 N–H and O–H groups in total. The average molecular weight is 545 g/mol. The molecule has 0 bridgehead atoms. The Balaban J connectivity index is 1.36. The maximum absolute atomic E-state index is 13.2. The quantitative estimate of drug-likeness (QED) is 0.439. The summed E-state index contributed by atoms with van der Waals surface area (Å²) in [4.78, 5) is 22.3. The summed E-state index contributed by atoms with van der Waals surface area (Å²) in [6.45, 7) is 1.93. The molecule has 1 fully saturated rings. The highest BCUT2D eigenvalue weighted by Gasteiger charge is 2.46. The van der Waals surface area contributed by atoms with Crippen LogP contribution in [0.3, 0.4) is 0 Å². The summed E-state index contributed by atoms with van der Waals surface area (Å²) in [5, 5.41) is 8.23. The lowest BCUT2D eigenvalue weighted by molar-refractivity contribution is 0.531. The van der Waals surface area contributed by atoms with Gasteiger partial charge in [-0.05, 0) is 64.9 Å². The van der Waals surface area contributed by atoms with Crippen LogP contribution in [0, 0.1) is 0 Å². The van der Waals surface area contributed by atoms with Crippen molar-refractivity contribution in [2.45, 2.75) is 37.6 Å². The molecule has 9 heteroatoms. The minimum Gasteiger partial charge on any atom is -0.324 e. The summed E-state index contributed by atoms with van der Waals surface area (Å²) in [7, 11) is 0. The van der Waals surface area contributed by atoms with Gasteiger partial charge in [0.2, 0.25) is 5.95 Å². The largest absolute Gasteiger partial charge is 0.324 e. The Morgan fingerprint density at radius 2 is 2.09 bits per heavy atom. The molecule has 3 aliphatic rings. The van der Waals surface area contributed by atoms with Crippen LogP contribution in [0.5, 0.6) is 0 Å². The SMILES string of the molecule is O=c1c2cnc(Nc3ccc4c(c3)CNCC43CC3)nc2c(Br)cn1C1=C(Cl)CCC=C1Cl. The van der Waals surface area contributed by atoms with E-state index in [-0.39, 0.29) is 5.56 Å². The number of pyridine rings is 1. The molecule has 1 saturated carbocycles. The first-order valence-corrected chi connectivity index (χ1v) is 12.4. The number of hydrogen-bond donors (Lipinski definition) is 2. The number of nitrogens with zero attached hydrogens (tertiary/aromatic N) is 3. The maximum Gasteiger partial charge on any atom is 0.266 e. The van der Waals surface area contributed by atoms with Crippen molar-refractivity contribution >= 4 is 67.4 Å². The Labute approximate surface area is 208 Å². The van der Waals surface area contributed by atoms with Crippen LogP contribution in [0.1, 0.15) is 36.8 Å². The highest BCUT2D eigenvalue weighted by molar-refractivity contribution is 9.10. The normalized spacial score (nSPS) is 18.9. The Hall–Kier alpha value is -2.19. The summed E-state index contributed by atoms with van der Waals surface area (Å²) in [6, 6.07) is 6.46. The van der Waals surface area contributed by atoms with E-state index in [4.69, 9.17) is 23.2 Å². The third-order valence-electron chi connectivity index (χ3n) is 6.68. The molecule has 1 aromatic carbocycles. The van der Waals surface area contributed by atoms with Crippen LogP contribution in [0.25, 0.3) is 16.6 Å². The van der Waals surface area contributed by atoms with E-state index >= 15 is 0 Å². The van der Waals surface area contributed by atoms with Gasteiger partial charge >= 0.3 is 0 Å². The summed E-state index contributed by atoms with van der Waals surface area (Å²) in [5.41, 5.74) is 4.80. The second-order valence-electron chi connectivity index (χ2n) is 8.83. The molecule has 3 heterocycles. The molecule has 1 aliphatic heterocycles. The molecule has 0 atom stereocenters. The minimum atomic E-state index is -0.268. The van der Waals surface area contributed by atoms with Crippen molar-refractivity contribution in [1.82, 2.24) is 19.9 Å². The van der Waals surface area contributed by atoms with Crippen LogP contribution < -0.4 is 16.2 Å². The van der Waals surface area contributed by atoms with E-state index < -0.39 is 0 Å². The van der Waals surface area contributed by atoms with E-state index in [1.54, 1.807) is 12.4 Å². The van der Waals surface area contributed by atoms with Crippen molar-refractivity contribution in [3.8, 4) is 0 Å². The summed E-state index contributed by atoms with van der Waals surface area (Å²) in [6.07, 6.45) is 8.98. The van der Waals surface area contributed by atoms with Gasteiger partial charge in [0.05, 0.1) is 26.1 Å². The first-order chi connectivity index (χ1) is 15.9. The fourth-order valence-electron chi connectivity index (χ4n) is 4.82. The lowest BCUT2D eigenvalue weighted by Crippen LogP contribution is -2.33. The van der Waals surface area contributed by atoms with E-state index in [1.807, 2.05) is 6.08 Å². The van der Waals surface area contributed by atoms with Crippen molar-refractivity contribution < 1.29 is 0 Å². The van der Waals surface area contributed by atoms with Crippen LogP contribution in [0.2, 0.25) is 0 Å². The average Bonchev–Trinajstić information content (AvgIpc) is 3.57. The van der Waals surface area contributed by atoms with Gasteiger partial charge in [0, 0.05) is 41.6 Å². The van der Waals surface area contributed by atoms with Crippen LogP contribution in [-0.4, -0.2) is 21.1 Å². The first kappa shape index (κ1) is 21.4. The fraction of sp³-hybridized carbons (Fsp3) is 0.292. The van der Waals surface area contributed by atoms with Gasteiger partial charge < -0.3 is 10.6 Å². The van der Waals surface area contributed by atoms with Crippen molar-refractivity contribution in [3.05, 3.63) is 72.7 Å². The molecule has 2 aliphatic carbocycles. The molecular weight excluding hydrogens is 525 g/mol. The number of aromatic nitrogens is 3. The van der Waals surface area contributed by atoms with Crippen LogP contribution in [0.15, 0.2) is 56.0 Å². The maximum atomic E-state index is 13.2. The Morgan fingerprint density at radius 3 is 2.88 bits per heavy atom. The van der Waals surface area contributed by atoms with Gasteiger partial charge in [0.25, 0.3) is 5.56 Å². The highest BCUT2D eigenvalue weighted by atomic mass is 79.9. The Kier molecular flexibility index (Phi) is 5.14. The van der Waals surface area contributed by atoms with E-state index in [9.17, 15) is 4.79 Å². The molecule has 0 saturated heterocycles. The number of benzene rings is 1. The molecule has 1 spiro atoms. The van der Waals surface area contributed by atoms with Gasteiger partial charge in [-0.3, -0.25) is 9.36 Å². The number of anilines is 2. The third-order valence-corrected chi connectivity index (χ3v) is 7.96. The number of rotatable bonds is 3. The number of allylic oxidation sites excluding steroid dienone is 4. The predicted molar refractivity (Wildman–Crippen MR) is 136 cm³/mol. The Bertz CT molecular complexity index is 1440. The molecule has 0 amide bonds. The van der Waals surface area contributed by atoms with Crippen molar-refractivity contribution in [2.24, 2.45) is 0 Å². The second-order valence-corrected chi connectivity index (χ2v) is 10.6. The molecule has 3 aromatic rings. The summed E-state index contributed by atoms with van der Waals surface area (Å²) < 4.78 is 2.12. The van der Waals surface area contributed by atoms with E-state index in [0.29, 0.717) is 48.9 Å². The zero-order valence-corrected chi connectivity index (χ0v) is 20.7. The monoisotopic (exact) mass is 543 g/mol. The molecule has 2 aromatic heterocycles. The van der Waals surface area contributed by atoms with Crippen LogP contribution in [-0.2, 0) is 12.0 Å². The van der Waals surface area contributed by atoms with Gasteiger partial charge in [-0.2, -0.15) is 0 Å². The third kappa shape index (κ3) is 3.62. The van der Waals surface area contributed by atoms with Crippen molar-refractivity contribution in [1.29, 1.82) is 0 Å². The standard InChI is InChI=1S/C24H20BrCl2N5O/c25-17-11-32(21-18(26)2-1-3-19(21)27)22(33)15-10-29-23(31-20(15)17)30-14-4-5-16-13(8-14)9-28-12-24(16)6-7-24/h2,4-5,8,10-11,28H,1,3,6-7,9,12H2,(H,29,30,31). The summed E-state index contributed by atoms with van der Waals surface area (Å²) >= 11 is 16.3. The predicted octanol–water partition coefficient (Wildman–Crippen LogP) is 5.76. The molecular formula is C24H20BrCl2N5O. The van der Waals surface area contributed by atoms with Crippen LogP contribution in [0.4, 0.5) is 11.6 Å². The van der Waals surface area contributed by atoms with E-state index in [1.165, 1.54) is 28.5 Å². The zero-order valence-electron chi connectivity index (χ0n) is 17.6. The highest BCUT2D eigenvalue weighted by Crippen LogP contribution is 2.50. The number of nitrogens with one attached hydrogen (secondary N) is 2. The summed E-state index contributed by atoms with van der Waals surface area (Å²) in [5.74, 6) is 0.429.